The summed E-state index contributed by atoms with van der Waals surface area (Å²) in [5.74, 6) is 0.998. The number of nitrogens with zero attached hydrogens (tertiary/aromatic N) is 2. The van der Waals surface area contributed by atoms with Crippen LogP contribution in [-0.4, -0.2) is 47.6 Å². The third kappa shape index (κ3) is 2.82. The fourth-order valence-electron chi connectivity index (χ4n) is 5.51. The molecule has 2 heterocycles. The van der Waals surface area contributed by atoms with Gasteiger partial charge in [-0.05, 0) is 74.4 Å². The summed E-state index contributed by atoms with van der Waals surface area (Å²) < 4.78 is 0. The largest absolute Gasteiger partial charge is 0.385 e. The van der Waals surface area contributed by atoms with Crippen molar-refractivity contribution in [3.8, 4) is 0 Å². The van der Waals surface area contributed by atoms with E-state index in [9.17, 15) is 5.11 Å². The average molecular weight is 351 g/mol. The number of hydrogen-bond acceptors (Lipinski definition) is 3. The molecule has 1 aromatic rings. The summed E-state index contributed by atoms with van der Waals surface area (Å²) in [6.07, 6.45) is 12.4. The molecule has 4 aliphatic rings. The van der Waals surface area contributed by atoms with Crippen LogP contribution in [0.3, 0.4) is 0 Å². The van der Waals surface area contributed by atoms with E-state index in [0.717, 1.165) is 37.9 Å². The fraction of sp³-hybridized carbons (Fsp3) is 0.565. The van der Waals surface area contributed by atoms with Crippen molar-refractivity contribution < 1.29 is 5.11 Å². The molecule has 2 aliphatic heterocycles. The van der Waals surface area contributed by atoms with E-state index in [1.807, 2.05) is 0 Å². The highest BCUT2D eigenvalue weighted by atomic mass is 16.3. The summed E-state index contributed by atoms with van der Waals surface area (Å²) in [4.78, 5) is 5.03. The van der Waals surface area contributed by atoms with Crippen LogP contribution in [0, 0.1) is 11.8 Å². The van der Waals surface area contributed by atoms with Crippen LogP contribution < -0.4 is 0 Å². The van der Waals surface area contributed by atoms with Gasteiger partial charge < -0.3 is 14.9 Å². The summed E-state index contributed by atoms with van der Waals surface area (Å²) in [5, 5.41) is 11.5. The van der Waals surface area contributed by atoms with E-state index in [1.54, 1.807) is 0 Å². The molecule has 3 nitrogen and oxygen atoms in total. The SMILES string of the molecule is OC1(c2ccc(CCN3CCCC3)cc2)CCC2CN(C3=CC=C3)CC21. The van der Waals surface area contributed by atoms with Crippen LogP contribution in [0.15, 0.2) is 48.2 Å². The predicted molar refractivity (Wildman–Crippen MR) is 105 cm³/mol. The van der Waals surface area contributed by atoms with Gasteiger partial charge in [0.05, 0.1) is 5.60 Å². The van der Waals surface area contributed by atoms with E-state index in [4.69, 9.17) is 0 Å². The van der Waals surface area contributed by atoms with E-state index in [0.29, 0.717) is 11.8 Å². The smallest absolute Gasteiger partial charge is 0.0944 e. The minimum Gasteiger partial charge on any atom is -0.385 e. The number of benzene rings is 1. The molecule has 2 saturated heterocycles. The molecular weight excluding hydrogens is 320 g/mol. The molecule has 2 aliphatic carbocycles. The van der Waals surface area contributed by atoms with Crippen LogP contribution in [0.1, 0.15) is 36.8 Å². The molecule has 3 unspecified atom stereocenters. The van der Waals surface area contributed by atoms with Crippen molar-refractivity contribution in [2.24, 2.45) is 11.8 Å². The molecule has 3 atom stereocenters. The number of allylic oxidation sites excluding steroid dienone is 3. The molecule has 0 radical (unpaired) electrons. The zero-order valence-corrected chi connectivity index (χ0v) is 15.6. The second-order valence-electron chi connectivity index (χ2n) is 8.68. The number of aliphatic hydroxyl groups is 1. The van der Waals surface area contributed by atoms with Crippen molar-refractivity contribution in [3.63, 3.8) is 0 Å². The maximum absolute atomic E-state index is 11.5. The lowest BCUT2D eigenvalue weighted by Gasteiger charge is -2.32. The highest BCUT2D eigenvalue weighted by Crippen LogP contribution is 2.51. The van der Waals surface area contributed by atoms with Gasteiger partial charge in [-0.15, -0.1) is 0 Å². The van der Waals surface area contributed by atoms with Gasteiger partial charge in [-0.25, -0.2) is 0 Å². The first-order valence-corrected chi connectivity index (χ1v) is 10.4. The van der Waals surface area contributed by atoms with Crippen LogP contribution in [0.25, 0.3) is 0 Å². The van der Waals surface area contributed by atoms with Crippen LogP contribution in [0.4, 0.5) is 0 Å². The number of likely N-dealkylation sites (tertiary alicyclic amines) is 2. The zero-order valence-electron chi connectivity index (χ0n) is 15.6. The van der Waals surface area contributed by atoms with Gasteiger partial charge in [0.25, 0.3) is 0 Å². The van der Waals surface area contributed by atoms with Gasteiger partial charge in [0, 0.05) is 31.2 Å². The Kier molecular flexibility index (Phi) is 4.17. The second-order valence-corrected chi connectivity index (χ2v) is 8.68. The Bertz CT molecular complexity index is 716. The highest BCUT2D eigenvalue weighted by molar-refractivity contribution is 5.36. The lowest BCUT2D eigenvalue weighted by atomic mass is 9.82. The van der Waals surface area contributed by atoms with E-state index in [1.165, 1.54) is 43.7 Å². The molecule has 3 fully saturated rings. The van der Waals surface area contributed by atoms with Gasteiger partial charge >= 0.3 is 0 Å². The maximum Gasteiger partial charge on any atom is 0.0944 e. The molecule has 1 saturated carbocycles. The summed E-state index contributed by atoms with van der Waals surface area (Å²) in [6, 6.07) is 8.90. The summed E-state index contributed by atoms with van der Waals surface area (Å²) in [6.45, 7) is 5.81. The Morgan fingerprint density at radius 3 is 2.54 bits per heavy atom. The van der Waals surface area contributed by atoms with Gasteiger partial charge in [-0.2, -0.15) is 0 Å². The summed E-state index contributed by atoms with van der Waals surface area (Å²) in [5.41, 5.74) is 3.24. The predicted octanol–water partition coefficient (Wildman–Crippen LogP) is 3.31. The van der Waals surface area contributed by atoms with Crippen molar-refractivity contribution >= 4 is 0 Å². The molecule has 0 amide bonds. The van der Waals surface area contributed by atoms with Crippen LogP contribution in [-0.2, 0) is 12.0 Å². The first-order chi connectivity index (χ1) is 12.7. The van der Waals surface area contributed by atoms with Crippen molar-refractivity contribution in [3.05, 3.63) is 59.3 Å². The number of hydrogen-bond donors (Lipinski definition) is 1. The van der Waals surface area contributed by atoms with Gasteiger partial charge in [0.2, 0.25) is 0 Å². The molecule has 1 aromatic carbocycles. The molecule has 138 valence electrons. The van der Waals surface area contributed by atoms with Crippen molar-refractivity contribution in [1.29, 1.82) is 0 Å². The molecule has 5 rings (SSSR count). The first-order valence-electron chi connectivity index (χ1n) is 10.4. The average Bonchev–Trinajstić information content (AvgIpc) is 3.32. The molecule has 0 spiro atoms. The zero-order chi connectivity index (χ0) is 17.6. The van der Waals surface area contributed by atoms with Gasteiger partial charge in [0.1, 0.15) is 0 Å². The Balaban J connectivity index is 1.26. The number of fused-ring (bicyclic) bond motifs is 1. The maximum atomic E-state index is 11.5. The van der Waals surface area contributed by atoms with Crippen molar-refractivity contribution in [1.82, 2.24) is 9.80 Å². The normalized spacial score (nSPS) is 33.4. The van der Waals surface area contributed by atoms with Crippen LogP contribution >= 0.6 is 0 Å². The fourth-order valence-corrected chi connectivity index (χ4v) is 5.51. The van der Waals surface area contributed by atoms with E-state index in [2.05, 4.69) is 52.3 Å². The minimum absolute atomic E-state index is 0.368. The van der Waals surface area contributed by atoms with Crippen LogP contribution in [0.5, 0.6) is 0 Å². The van der Waals surface area contributed by atoms with Crippen LogP contribution in [0.2, 0.25) is 0 Å². The summed E-state index contributed by atoms with van der Waals surface area (Å²) >= 11 is 0. The molecule has 0 aromatic heterocycles. The molecular formula is C23H30N2O. The number of rotatable bonds is 5. The third-order valence-corrected chi connectivity index (χ3v) is 7.22. The topological polar surface area (TPSA) is 26.7 Å². The second kappa shape index (κ2) is 6.54. The third-order valence-electron chi connectivity index (χ3n) is 7.22. The van der Waals surface area contributed by atoms with Gasteiger partial charge in [-0.3, -0.25) is 0 Å². The van der Waals surface area contributed by atoms with E-state index >= 15 is 0 Å². The Morgan fingerprint density at radius 1 is 1.08 bits per heavy atom. The van der Waals surface area contributed by atoms with Crippen molar-refractivity contribution in [2.75, 3.05) is 32.7 Å². The monoisotopic (exact) mass is 350 g/mol. The Hall–Kier alpha value is -1.58. The molecule has 3 heteroatoms. The lowest BCUT2D eigenvalue weighted by Crippen LogP contribution is -2.34. The Morgan fingerprint density at radius 2 is 1.85 bits per heavy atom. The Labute approximate surface area is 157 Å². The van der Waals surface area contributed by atoms with E-state index in [-0.39, 0.29) is 0 Å². The molecule has 0 bridgehead atoms. The van der Waals surface area contributed by atoms with Gasteiger partial charge in [0.15, 0.2) is 0 Å². The summed E-state index contributed by atoms with van der Waals surface area (Å²) in [7, 11) is 0. The molecule has 26 heavy (non-hydrogen) atoms. The lowest BCUT2D eigenvalue weighted by molar-refractivity contribution is -0.00525. The van der Waals surface area contributed by atoms with Gasteiger partial charge in [-0.1, -0.05) is 30.3 Å². The molecule has 1 N–H and O–H groups in total. The minimum atomic E-state index is -0.638. The highest BCUT2D eigenvalue weighted by Gasteiger charge is 2.52. The van der Waals surface area contributed by atoms with E-state index < -0.39 is 5.60 Å². The quantitative estimate of drug-likeness (QED) is 0.883. The first kappa shape index (κ1) is 16.6. The standard InChI is InChI=1S/C23H30N2O/c26-23(12-10-19-16-25(17-22(19)23)21-4-3-5-21)20-8-6-18(7-9-20)11-15-24-13-1-2-14-24/h3-9,19,22,26H,1-2,10-17H2. The van der Waals surface area contributed by atoms with Crippen molar-refractivity contribution in [2.45, 2.75) is 37.7 Å².